The van der Waals surface area contributed by atoms with Gasteiger partial charge in [-0.05, 0) is 17.7 Å². The minimum absolute atomic E-state index is 0.184. The normalized spacial score (nSPS) is 9.47. The van der Waals surface area contributed by atoms with Crippen LogP contribution in [0.4, 0.5) is 5.69 Å². The zero-order valence-electron chi connectivity index (χ0n) is 10.5. The number of hydrogen-bond donors (Lipinski definition) is 1. The first kappa shape index (κ1) is 14.7. The molecule has 0 unspecified atom stereocenters. The molecule has 0 radical (unpaired) electrons. The molecular weight excluding hydrogens is 248 g/mol. The van der Waals surface area contributed by atoms with Crippen molar-refractivity contribution in [2.45, 2.75) is 6.42 Å². The summed E-state index contributed by atoms with van der Waals surface area (Å²) < 4.78 is 9.22. The van der Waals surface area contributed by atoms with Gasteiger partial charge < -0.3 is 14.8 Å². The van der Waals surface area contributed by atoms with Crippen LogP contribution < -0.4 is 5.32 Å². The number of esters is 1. The summed E-state index contributed by atoms with van der Waals surface area (Å²) in [6.07, 6.45) is 0.322. The number of nitrogens with one attached hydrogen (secondary N) is 1. The number of carbonyl (C=O) groups excluding carboxylic acids is 2. The quantitative estimate of drug-likeness (QED) is 0.769. The van der Waals surface area contributed by atoms with Crippen molar-refractivity contribution < 1.29 is 19.1 Å². The Kier molecular flexibility index (Phi) is 6.06. The third-order valence-electron chi connectivity index (χ3n) is 2.15. The predicted molar refractivity (Wildman–Crippen MR) is 67.2 cm³/mol. The first-order chi connectivity index (χ1) is 9.15. The Bertz CT molecular complexity index is 476. The molecule has 0 bridgehead atoms. The van der Waals surface area contributed by atoms with Gasteiger partial charge in [-0.25, -0.2) is 4.79 Å². The van der Waals surface area contributed by atoms with Crippen molar-refractivity contribution in [1.82, 2.24) is 0 Å². The molecule has 6 heteroatoms. The zero-order chi connectivity index (χ0) is 14.1. The van der Waals surface area contributed by atoms with Gasteiger partial charge in [0.05, 0.1) is 12.5 Å². The van der Waals surface area contributed by atoms with E-state index in [1.165, 1.54) is 7.11 Å². The number of hydrogen-bond acceptors (Lipinski definition) is 5. The fourth-order valence-corrected chi connectivity index (χ4v) is 1.30. The average Bonchev–Trinajstić information content (AvgIpc) is 2.39. The molecule has 1 aromatic carbocycles. The maximum absolute atomic E-state index is 11.5. The number of methoxy groups -OCH3 is 1. The molecule has 1 amide bonds. The van der Waals surface area contributed by atoms with Crippen LogP contribution in [0.5, 0.6) is 0 Å². The van der Waals surface area contributed by atoms with Crippen LogP contribution in [-0.2, 0) is 25.5 Å². The highest BCUT2D eigenvalue weighted by atomic mass is 16.6. The lowest BCUT2D eigenvalue weighted by molar-refractivity contribution is -0.150. The molecule has 100 valence electrons. The van der Waals surface area contributed by atoms with Gasteiger partial charge in [-0.15, -0.1) is 0 Å². The van der Waals surface area contributed by atoms with Gasteiger partial charge in [-0.1, -0.05) is 12.1 Å². The first-order valence-corrected chi connectivity index (χ1v) is 5.56. The van der Waals surface area contributed by atoms with Crippen LogP contribution in [0, 0.1) is 11.3 Å². The fourth-order valence-electron chi connectivity index (χ4n) is 1.30. The van der Waals surface area contributed by atoms with E-state index in [2.05, 4.69) is 14.8 Å². The van der Waals surface area contributed by atoms with Crippen LogP contribution in [-0.4, -0.2) is 32.2 Å². The zero-order valence-corrected chi connectivity index (χ0v) is 10.5. The van der Waals surface area contributed by atoms with Crippen molar-refractivity contribution in [2.24, 2.45) is 0 Å². The van der Waals surface area contributed by atoms with Gasteiger partial charge in [0.2, 0.25) is 0 Å². The minimum atomic E-state index is -0.595. The van der Waals surface area contributed by atoms with E-state index in [4.69, 9.17) is 5.26 Å². The van der Waals surface area contributed by atoms with Crippen LogP contribution in [0.25, 0.3) is 0 Å². The number of ether oxygens (including phenoxy) is 2. The van der Waals surface area contributed by atoms with E-state index in [-0.39, 0.29) is 13.2 Å². The lowest BCUT2D eigenvalue weighted by Crippen LogP contribution is -2.22. The summed E-state index contributed by atoms with van der Waals surface area (Å²) in [6.45, 7) is -0.543. The van der Waals surface area contributed by atoms with Crippen LogP contribution >= 0.6 is 0 Å². The molecule has 0 aliphatic carbocycles. The van der Waals surface area contributed by atoms with E-state index < -0.39 is 11.9 Å². The molecule has 1 N–H and O–H groups in total. The third-order valence-corrected chi connectivity index (χ3v) is 2.15. The Hall–Kier alpha value is -2.39. The number of nitriles is 1. The van der Waals surface area contributed by atoms with Crippen molar-refractivity contribution >= 4 is 17.6 Å². The monoisotopic (exact) mass is 262 g/mol. The number of carbonyl (C=O) groups is 2. The lowest BCUT2D eigenvalue weighted by Gasteiger charge is -2.06. The van der Waals surface area contributed by atoms with Crippen LogP contribution in [0.1, 0.15) is 5.56 Å². The van der Waals surface area contributed by atoms with Gasteiger partial charge in [0.25, 0.3) is 5.91 Å². The summed E-state index contributed by atoms with van der Waals surface area (Å²) in [6, 6.07) is 8.89. The fraction of sp³-hybridized carbons (Fsp3) is 0.308. The molecule has 0 aromatic heterocycles. The summed E-state index contributed by atoms with van der Waals surface area (Å²) in [5.74, 6) is -1.03. The Labute approximate surface area is 110 Å². The Morgan fingerprint density at radius 1 is 1.26 bits per heavy atom. The van der Waals surface area contributed by atoms with Crippen LogP contribution in [0.2, 0.25) is 0 Å². The first-order valence-electron chi connectivity index (χ1n) is 5.56. The maximum atomic E-state index is 11.5. The highest BCUT2D eigenvalue weighted by molar-refractivity contribution is 5.92. The molecule has 19 heavy (non-hydrogen) atoms. The van der Waals surface area contributed by atoms with Gasteiger partial charge >= 0.3 is 5.97 Å². The molecule has 0 aliphatic rings. The summed E-state index contributed by atoms with van der Waals surface area (Å²) in [5, 5.41) is 11.1. The molecule has 0 atom stereocenters. The molecular formula is C13H14N2O4. The maximum Gasteiger partial charge on any atom is 0.332 e. The van der Waals surface area contributed by atoms with Crippen LogP contribution in [0.3, 0.4) is 0 Å². The van der Waals surface area contributed by atoms with Crippen molar-refractivity contribution in [1.29, 1.82) is 5.26 Å². The molecule has 1 rings (SSSR count). The summed E-state index contributed by atoms with van der Waals surface area (Å²) in [5.41, 5.74) is 1.45. The average molecular weight is 262 g/mol. The van der Waals surface area contributed by atoms with Crippen molar-refractivity contribution in [3.8, 4) is 6.07 Å². The standard InChI is InChI=1S/C13H14N2O4/c1-18-9-13(17)19-8-12(16)15-11-4-2-10(3-5-11)6-7-14/h2-5H,6,8-9H2,1H3,(H,15,16). The van der Waals surface area contributed by atoms with E-state index in [1.54, 1.807) is 24.3 Å². The summed E-state index contributed by atoms with van der Waals surface area (Å²) >= 11 is 0. The van der Waals surface area contributed by atoms with E-state index in [9.17, 15) is 9.59 Å². The number of benzene rings is 1. The SMILES string of the molecule is COCC(=O)OCC(=O)Nc1ccc(CC#N)cc1. The van der Waals surface area contributed by atoms with Gasteiger partial charge in [0.15, 0.2) is 6.61 Å². The predicted octanol–water partition coefficient (Wildman–Crippen LogP) is 0.881. The van der Waals surface area contributed by atoms with Gasteiger partial charge in [0.1, 0.15) is 6.61 Å². The van der Waals surface area contributed by atoms with Crippen molar-refractivity contribution in [3.05, 3.63) is 29.8 Å². The second-order valence-corrected chi connectivity index (χ2v) is 3.67. The van der Waals surface area contributed by atoms with Gasteiger partial charge in [-0.2, -0.15) is 5.26 Å². The molecule has 0 saturated carbocycles. The highest BCUT2D eigenvalue weighted by Gasteiger charge is 2.07. The Balaban J connectivity index is 2.40. The summed E-state index contributed by atoms with van der Waals surface area (Å²) in [7, 11) is 1.37. The van der Waals surface area contributed by atoms with E-state index in [0.29, 0.717) is 12.1 Å². The minimum Gasteiger partial charge on any atom is -0.454 e. The number of rotatable bonds is 6. The second kappa shape index (κ2) is 7.84. The summed E-state index contributed by atoms with van der Waals surface area (Å²) in [4.78, 5) is 22.4. The third kappa shape index (κ3) is 5.66. The number of anilines is 1. The molecule has 0 heterocycles. The smallest absolute Gasteiger partial charge is 0.332 e. The number of amides is 1. The van der Waals surface area contributed by atoms with E-state index >= 15 is 0 Å². The van der Waals surface area contributed by atoms with Crippen molar-refractivity contribution in [2.75, 3.05) is 25.6 Å². The Morgan fingerprint density at radius 3 is 2.53 bits per heavy atom. The molecule has 0 aliphatic heterocycles. The molecule has 0 fully saturated rings. The molecule has 0 spiro atoms. The number of nitrogens with zero attached hydrogens (tertiary/aromatic N) is 1. The topological polar surface area (TPSA) is 88.4 Å². The molecule has 1 aromatic rings. The van der Waals surface area contributed by atoms with Crippen LogP contribution in [0.15, 0.2) is 24.3 Å². The lowest BCUT2D eigenvalue weighted by atomic mass is 10.1. The molecule has 0 saturated heterocycles. The largest absolute Gasteiger partial charge is 0.454 e. The Morgan fingerprint density at radius 2 is 1.95 bits per heavy atom. The van der Waals surface area contributed by atoms with Gasteiger partial charge in [0, 0.05) is 12.8 Å². The molecule has 6 nitrogen and oxygen atoms in total. The van der Waals surface area contributed by atoms with Crippen molar-refractivity contribution in [3.63, 3.8) is 0 Å². The van der Waals surface area contributed by atoms with Gasteiger partial charge in [-0.3, -0.25) is 4.79 Å². The van der Waals surface area contributed by atoms with E-state index in [1.807, 2.05) is 6.07 Å². The second-order valence-electron chi connectivity index (χ2n) is 3.67. The highest BCUT2D eigenvalue weighted by Crippen LogP contribution is 2.09. The van der Waals surface area contributed by atoms with E-state index in [0.717, 1.165) is 5.56 Å².